The van der Waals surface area contributed by atoms with Crippen LogP contribution in [0.1, 0.15) is 24.2 Å². The molecule has 0 aliphatic rings. The van der Waals surface area contributed by atoms with E-state index in [-0.39, 0.29) is 6.04 Å². The third-order valence-corrected chi connectivity index (χ3v) is 1.77. The summed E-state index contributed by atoms with van der Waals surface area (Å²) in [5.41, 5.74) is 0.369. The van der Waals surface area contributed by atoms with Crippen molar-refractivity contribution in [3.05, 3.63) is 28.9 Å². The largest absolute Gasteiger partial charge is 0.465 e. The van der Waals surface area contributed by atoms with Crippen molar-refractivity contribution in [3.63, 3.8) is 0 Å². The van der Waals surface area contributed by atoms with Gasteiger partial charge in [-0.25, -0.2) is 4.79 Å². The summed E-state index contributed by atoms with van der Waals surface area (Å²) in [5, 5.41) is 0. The molecule has 0 amide bonds. The minimum Gasteiger partial charge on any atom is -0.465 e. The van der Waals surface area contributed by atoms with E-state index in [1.54, 1.807) is 19.9 Å². The van der Waals surface area contributed by atoms with Crippen LogP contribution in [0.15, 0.2) is 18.5 Å². The van der Waals surface area contributed by atoms with Crippen molar-refractivity contribution in [2.24, 2.45) is 0 Å². The van der Waals surface area contributed by atoms with Gasteiger partial charge in [0.05, 0.1) is 30.0 Å². The smallest absolute Gasteiger partial charge is 0.339 e. The standard InChI is InChI=1S/C9H13N2O3/c1-7(2)11(13)10-5-4-8(6-10)9(12)14-3/h4-7H,1-3H3/q+1. The van der Waals surface area contributed by atoms with Gasteiger partial charge in [0.1, 0.15) is 4.87 Å². The summed E-state index contributed by atoms with van der Waals surface area (Å²) in [6, 6.07) is 1.37. The fourth-order valence-corrected chi connectivity index (χ4v) is 1.01. The van der Waals surface area contributed by atoms with Crippen LogP contribution in [0, 0.1) is 4.91 Å². The van der Waals surface area contributed by atoms with Gasteiger partial charge < -0.3 is 4.74 Å². The summed E-state index contributed by atoms with van der Waals surface area (Å²) in [7, 11) is 1.30. The Morgan fingerprint density at radius 2 is 2.21 bits per heavy atom. The topological polar surface area (TPSA) is 51.3 Å². The Hall–Kier alpha value is -1.65. The maximum absolute atomic E-state index is 11.4. The quantitative estimate of drug-likeness (QED) is 0.541. The molecule has 5 heteroatoms. The van der Waals surface area contributed by atoms with Crippen LogP contribution in [0.5, 0.6) is 0 Å². The third-order valence-electron chi connectivity index (χ3n) is 1.77. The molecule has 5 nitrogen and oxygen atoms in total. The lowest BCUT2D eigenvalue weighted by Gasteiger charge is -1.95. The number of nitrogens with zero attached hydrogens (tertiary/aromatic N) is 2. The van der Waals surface area contributed by atoms with Crippen LogP contribution >= 0.6 is 0 Å². The van der Waals surface area contributed by atoms with Crippen LogP contribution in [0.3, 0.4) is 0 Å². The predicted octanol–water partition coefficient (Wildman–Crippen LogP) is 1.23. The average Bonchev–Trinajstić information content (AvgIpc) is 2.64. The monoisotopic (exact) mass is 197 g/mol. The molecule has 0 atom stereocenters. The van der Waals surface area contributed by atoms with Crippen LogP contribution < -0.4 is 0 Å². The first-order valence-electron chi connectivity index (χ1n) is 4.29. The number of carbonyl (C=O) groups excluding carboxylic acids is 1. The van der Waals surface area contributed by atoms with E-state index in [1.165, 1.54) is 24.2 Å². The van der Waals surface area contributed by atoms with Crippen LogP contribution in [0.25, 0.3) is 0 Å². The zero-order valence-electron chi connectivity index (χ0n) is 8.43. The van der Waals surface area contributed by atoms with E-state index < -0.39 is 5.97 Å². The molecule has 0 aliphatic carbocycles. The SMILES string of the molecule is COC(=O)c1ccn([N+](=O)C(C)C)c1. The van der Waals surface area contributed by atoms with Gasteiger partial charge in [0, 0.05) is 13.8 Å². The highest BCUT2D eigenvalue weighted by atomic mass is 16.5. The number of rotatable bonds is 3. The molecule has 0 N–H and O–H groups in total. The molecule has 0 fully saturated rings. The molecular formula is C9H13N2O3+. The molecule has 0 spiro atoms. The Bertz CT molecular complexity index is 355. The highest BCUT2D eigenvalue weighted by Crippen LogP contribution is 2.03. The third kappa shape index (κ3) is 1.99. The van der Waals surface area contributed by atoms with Crippen LogP contribution in [0.2, 0.25) is 0 Å². The molecule has 1 aromatic heterocycles. The van der Waals surface area contributed by atoms with Crippen molar-refractivity contribution < 1.29 is 14.4 Å². The maximum atomic E-state index is 11.4. The summed E-state index contributed by atoms with van der Waals surface area (Å²) in [6.45, 7) is 3.54. The van der Waals surface area contributed by atoms with E-state index in [0.717, 1.165) is 4.87 Å². The molecule has 0 unspecified atom stereocenters. The summed E-state index contributed by atoms with van der Waals surface area (Å²) >= 11 is 0. The Kier molecular flexibility index (Phi) is 3.01. The fraction of sp³-hybridized carbons (Fsp3) is 0.444. The Morgan fingerprint density at radius 3 is 2.71 bits per heavy atom. The lowest BCUT2D eigenvalue weighted by atomic mass is 10.3. The summed E-state index contributed by atoms with van der Waals surface area (Å²) < 4.78 is 5.83. The molecule has 1 heterocycles. The van der Waals surface area contributed by atoms with Gasteiger partial charge in [-0.3, -0.25) is 0 Å². The Balaban J connectivity index is 2.88. The van der Waals surface area contributed by atoms with E-state index in [4.69, 9.17) is 0 Å². The zero-order valence-corrected chi connectivity index (χ0v) is 8.43. The predicted molar refractivity (Wildman–Crippen MR) is 49.9 cm³/mol. The molecule has 1 aromatic rings. The highest BCUT2D eigenvalue weighted by Gasteiger charge is 2.18. The molecule has 0 aliphatic heterocycles. The Morgan fingerprint density at radius 1 is 1.57 bits per heavy atom. The van der Waals surface area contributed by atoms with E-state index in [9.17, 15) is 9.70 Å². The van der Waals surface area contributed by atoms with Crippen molar-refractivity contribution >= 4 is 5.97 Å². The second kappa shape index (κ2) is 4.04. The number of hydrogen-bond acceptors (Lipinski definition) is 3. The molecule has 0 saturated carbocycles. The van der Waals surface area contributed by atoms with Crippen LogP contribution in [-0.2, 0) is 4.74 Å². The highest BCUT2D eigenvalue weighted by molar-refractivity contribution is 5.88. The van der Waals surface area contributed by atoms with E-state index in [1.807, 2.05) is 0 Å². The van der Waals surface area contributed by atoms with Gasteiger partial charge in [-0.2, -0.15) is 0 Å². The lowest BCUT2D eigenvalue weighted by Crippen LogP contribution is -2.21. The first kappa shape index (κ1) is 10.4. The molecule has 76 valence electrons. The van der Waals surface area contributed by atoms with Gasteiger partial charge in [0.2, 0.25) is 6.04 Å². The van der Waals surface area contributed by atoms with Crippen LogP contribution in [0.4, 0.5) is 0 Å². The summed E-state index contributed by atoms with van der Waals surface area (Å²) in [5.74, 6) is -0.444. The molecule has 0 saturated heterocycles. The normalized spacial score (nSPS) is 10.3. The van der Waals surface area contributed by atoms with E-state index >= 15 is 0 Å². The van der Waals surface area contributed by atoms with Crippen molar-refractivity contribution in [2.45, 2.75) is 19.9 Å². The second-order valence-corrected chi connectivity index (χ2v) is 3.17. The molecule has 1 rings (SSSR count). The van der Waals surface area contributed by atoms with E-state index in [2.05, 4.69) is 4.74 Å². The zero-order chi connectivity index (χ0) is 10.7. The van der Waals surface area contributed by atoms with Gasteiger partial charge in [0.25, 0.3) is 0 Å². The molecule has 0 radical (unpaired) electrons. The first-order valence-corrected chi connectivity index (χ1v) is 4.29. The maximum Gasteiger partial charge on any atom is 0.339 e. The van der Waals surface area contributed by atoms with Gasteiger partial charge in [0.15, 0.2) is 0 Å². The molecule has 14 heavy (non-hydrogen) atoms. The number of aromatic nitrogens is 1. The number of esters is 1. The molecule has 0 aromatic carbocycles. The minimum absolute atomic E-state index is 0.173. The number of carbonyl (C=O) groups is 1. The number of methoxy groups -OCH3 is 1. The van der Waals surface area contributed by atoms with E-state index in [0.29, 0.717) is 5.56 Å². The van der Waals surface area contributed by atoms with Gasteiger partial charge in [-0.1, -0.05) is 4.68 Å². The number of hydrogen-bond donors (Lipinski definition) is 0. The fourth-order valence-electron chi connectivity index (χ4n) is 1.01. The van der Waals surface area contributed by atoms with Gasteiger partial charge >= 0.3 is 5.97 Å². The molecule has 0 bridgehead atoms. The summed E-state index contributed by atoms with van der Waals surface area (Å²) in [4.78, 5) is 23.2. The van der Waals surface area contributed by atoms with Crippen molar-refractivity contribution in [2.75, 3.05) is 7.11 Å². The molecular weight excluding hydrogens is 184 g/mol. The van der Waals surface area contributed by atoms with Crippen LogP contribution in [-0.4, -0.2) is 28.7 Å². The van der Waals surface area contributed by atoms with Gasteiger partial charge in [-0.15, -0.1) is 0 Å². The minimum atomic E-state index is -0.444. The Labute approximate surface area is 81.8 Å². The van der Waals surface area contributed by atoms with Crippen molar-refractivity contribution in [1.82, 2.24) is 4.68 Å². The second-order valence-electron chi connectivity index (χ2n) is 3.17. The summed E-state index contributed by atoms with van der Waals surface area (Å²) in [6.07, 6.45) is 2.97. The lowest BCUT2D eigenvalue weighted by molar-refractivity contribution is -0.632. The van der Waals surface area contributed by atoms with Crippen molar-refractivity contribution in [3.8, 4) is 0 Å². The van der Waals surface area contributed by atoms with Gasteiger partial charge in [-0.05, 0) is 6.07 Å². The first-order chi connectivity index (χ1) is 6.56. The van der Waals surface area contributed by atoms with Crippen molar-refractivity contribution in [1.29, 1.82) is 0 Å². The number of ether oxygens (including phenoxy) is 1. The average molecular weight is 197 g/mol. The number of nitroso groups, excluding NO2 is 1.